The van der Waals surface area contributed by atoms with Gasteiger partial charge in [-0.25, -0.2) is 0 Å². The van der Waals surface area contributed by atoms with E-state index < -0.39 is 0 Å². The Morgan fingerprint density at radius 3 is 2.37 bits per heavy atom. The van der Waals surface area contributed by atoms with Gasteiger partial charge in [0.2, 0.25) is 0 Å². The van der Waals surface area contributed by atoms with Crippen LogP contribution in [0, 0.1) is 0 Å². The average molecular weight is 509 g/mol. The quantitative estimate of drug-likeness (QED) is 0.428. The highest BCUT2D eigenvalue weighted by Gasteiger charge is 2.21. The van der Waals surface area contributed by atoms with Gasteiger partial charge in [0.05, 0.1) is 16.4 Å². The molecule has 1 fully saturated rings. The number of para-hydroxylation sites is 1. The van der Waals surface area contributed by atoms with Gasteiger partial charge in [-0.3, -0.25) is 10.1 Å². The van der Waals surface area contributed by atoms with Gasteiger partial charge in [0.25, 0.3) is 5.91 Å². The lowest BCUT2D eigenvalue weighted by atomic mass is 10.2. The molecule has 0 radical (unpaired) electrons. The minimum atomic E-state index is -0.294. The van der Waals surface area contributed by atoms with Gasteiger partial charge < -0.3 is 19.9 Å². The van der Waals surface area contributed by atoms with Crippen LogP contribution < -0.4 is 20.3 Å². The molecule has 8 heteroatoms. The van der Waals surface area contributed by atoms with Crippen LogP contribution in [-0.4, -0.2) is 48.6 Å². The highest BCUT2D eigenvalue weighted by molar-refractivity contribution is 7.80. The third-order valence-corrected chi connectivity index (χ3v) is 6.47. The number of amides is 1. The van der Waals surface area contributed by atoms with Gasteiger partial charge in [0, 0.05) is 31.7 Å². The summed E-state index contributed by atoms with van der Waals surface area (Å²) in [6, 6.07) is 22.6. The van der Waals surface area contributed by atoms with E-state index in [9.17, 15) is 4.79 Å². The van der Waals surface area contributed by atoms with Crippen molar-refractivity contribution in [3.05, 3.63) is 88.9 Å². The topological polar surface area (TPSA) is 56.8 Å². The zero-order valence-corrected chi connectivity index (χ0v) is 21.2. The summed E-state index contributed by atoms with van der Waals surface area (Å²) >= 11 is 12.0. The second-order valence-electron chi connectivity index (χ2n) is 8.26. The largest absolute Gasteiger partial charge is 0.489 e. The van der Waals surface area contributed by atoms with Gasteiger partial charge >= 0.3 is 0 Å². The number of nitrogens with zero attached hydrogens (tertiary/aromatic N) is 2. The Labute approximate surface area is 216 Å². The predicted molar refractivity (Wildman–Crippen MR) is 147 cm³/mol. The number of hydrogen-bond acceptors (Lipinski definition) is 5. The smallest absolute Gasteiger partial charge is 0.257 e. The second-order valence-corrected chi connectivity index (χ2v) is 9.08. The molecule has 35 heavy (non-hydrogen) atoms. The molecule has 182 valence electrons. The standard InChI is InChI=1S/C27H29ClN4O2S/c1-2-31-15-17-32(18-16-31)25-23(28)9-6-10-24(25)29-27(35)30-26(33)21-11-13-22(14-12-21)34-19-20-7-4-3-5-8-20/h3-14H,2,15-19H2,1H3,(H2,29,30,33,35). The molecule has 2 N–H and O–H groups in total. The van der Waals surface area contributed by atoms with E-state index in [-0.39, 0.29) is 11.0 Å². The SMILES string of the molecule is CCN1CCN(c2c(Cl)cccc2NC(=S)NC(=O)c2ccc(OCc3ccccc3)cc2)CC1. The van der Waals surface area contributed by atoms with Crippen LogP contribution in [0.5, 0.6) is 5.75 Å². The number of carbonyl (C=O) groups excluding carboxylic acids is 1. The number of benzene rings is 3. The molecule has 1 heterocycles. The van der Waals surface area contributed by atoms with Gasteiger partial charge in [-0.1, -0.05) is 54.9 Å². The molecule has 1 amide bonds. The van der Waals surface area contributed by atoms with E-state index in [0.717, 1.165) is 49.7 Å². The first-order valence-corrected chi connectivity index (χ1v) is 12.5. The number of thiocarbonyl (C=S) groups is 1. The Kier molecular flexibility index (Phi) is 8.58. The molecule has 3 aromatic rings. The van der Waals surface area contributed by atoms with Crippen LogP contribution in [-0.2, 0) is 6.61 Å². The van der Waals surface area contributed by atoms with Crippen LogP contribution in [0.3, 0.4) is 0 Å². The highest BCUT2D eigenvalue weighted by atomic mass is 35.5. The van der Waals surface area contributed by atoms with E-state index in [4.69, 9.17) is 28.6 Å². The summed E-state index contributed by atoms with van der Waals surface area (Å²) in [7, 11) is 0. The van der Waals surface area contributed by atoms with Gasteiger partial charge in [-0.05, 0) is 60.7 Å². The molecule has 0 saturated carbocycles. The zero-order chi connectivity index (χ0) is 24.6. The predicted octanol–water partition coefficient (Wildman–Crippen LogP) is 5.19. The molecular weight excluding hydrogens is 480 g/mol. The van der Waals surface area contributed by atoms with Crippen molar-refractivity contribution < 1.29 is 9.53 Å². The molecule has 1 saturated heterocycles. The first-order valence-electron chi connectivity index (χ1n) is 11.7. The highest BCUT2D eigenvalue weighted by Crippen LogP contribution is 2.34. The van der Waals surface area contributed by atoms with E-state index in [0.29, 0.717) is 22.9 Å². The van der Waals surface area contributed by atoms with Crippen molar-refractivity contribution in [1.82, 2.24) is 10.2 Å². The Balaban J connectivity index is 1.35. The van der Waals surface area contributed by atoms with E-state index in [1.165, 1.54) is 0 Å². The molecular formula is C27H29ClN4O2S. The first kappa shape index (κ1) is 25.0. The fourth-order valence-electron chi connectivity index (χ4n) is 4.00. The number of halogens is 1. The van der Waals surface area contributed by atoms with E-state index in [2.05, 4.69) is 27.4 Å². The second kappa shape index (κ2) is 12.0. The molecule has 0 unspecified atom stereocenters. The van der Waals surface area contributed by atoms with Crippen molar-refractivity contribution in [1.29, 1.82) is 0 Å². The fourth-order valence-corrected chi connectivity index (χ4v) is 4.49. The van der Waals surface area contributed by atoms with Crippen molar-refractivity contribution in [2.24, 2.45) is 0 Å². The summed E-state index contributed by atoms with van der Waals surface area (Å²) in [5.41, 5.74) is 3.25. The normalized spacial score (nSPS) is 13.8. The summed E-state index contributed by atoms with van der Waals surface area (Å²) in [6.45, 7) is 7.40. The number of carbonyl (C=O) groups is 1. The third-order valence-electron chi connectivity index (χ3n) is 5.96. The lowest BCUT2D eigenvalue weighted by Gasteiger charge is -2.37. The molecule has 0 bridgehead atoms. The molecule has 1 aliphatic rings. The lowest BCUT2D eigenvalue weighted by molar-refractivity contribution is 0.0977. The Morgan fingerprint density at radius 2 is 1.69 bits per heavy atom. The van der Waals surface area contributed by atoms with Gasteiger partial charge in [-0.2, -0.15) is 0 Å². The van der Waals surface area contributed by atoms with Gasteiger partial charge in [-0.15, -0.1) is 0 Å². The molecule has 4 rings (SSSR count). The molecule has 1 aliphatic heterocycles. The summed E-state index contributed by atoms with van der Waals surface area (Å²) in [6.07, 6.45) is 0. The fraction of sp³-hybridized carbons (Fsp3) is 0.259. The van der Waals surface area contributed by atoms with Crippen LogP contribution >= 0.6 is 23.8 Å². The molecule has 0 aliphatic carbocycles. The maximum Gasteiger partial charge on any atom is 0.257 e. The molecule has 6 nitrogen and oxygen atoms in total. The Bertz CT molecular complexity index is 1150. The van der Waals surface area contributed by atoms with Crippen LogP contribution in [0.4, 0.5) is 11.4 Å². The molecule has 3 aromatic carbocycles. The maximum atomic E-state index is 12.7. The monoisotopic (exact) mass is 508 g/mol. The van der Waals surface area contributed by atoms with Crippen LogP contribution in [0.1, 0.15) is 22.8 Å². The van der Waals surface area contributed by atoms with Crippen molar-refractivity contribution in [3.63, 3.8) is 0 Å². The van der Waals surface area contributed by atoms with Gasteiger partial charge in [0.1, 0.15) is 12.4 Å². The van der Waals surface area contributed by atoms with Crippen LogP contribution in [0.25, 0.3) is 0 Å². The van der Waals surface area contributed by atoms with E-state index in [1.54, 1.807) is 24.3 Å². The van der Waals surface area contributed by atoms with Gasteiger partial charge in [0.15, 0.2) is 5.11 Å². The van der Waals surface area contributed by atoms with Crippen molar-refractivity contribution in [2.75, 3.05) is 42.9 Å². The minimum absolute atomic E-state index is 0.218. The van der Waals surface area contributed by atoms with Crippen molar-refractivity contribution >= 4 is 46.2 Å². The number of anilines is 2. The number of likely N-dealkylation sites (N-methyl/N-ethyl adjacent to an activating group) is 1. The summed E-state index contributed by atoms with van der Waals surface area (Å²) < 4.78 is 5.79. The van der Waals surface area contributed by atoms with Crippen molar-refractivity contribution in [2.45, 2.75) is 13.5 Å². The van der Waals surface area contributed by atoms with E-state index >= 15 is 0 Å². The summed E-state index contributed by atoms with van der Waals surface area (Å²) in [4.78, 5) is 17.4. The van der Waals surface area contributed by atoms with E-state index in [1.807, 2.05) is 48.5 Å². The first-order chi connectivity index (χ1) is 17.0. The van der Waals surface area contributed by atoms with Crippen LogP contribution in [0.2, 0.25) is 5.02 Å². The molecule has 0 spiro atoms. The number of piperazine rings is 1. The number of ether oxygens (including phenoxy) is 1. The average Bonchev–Trinajstić information content (AvgIpc) is 2.88. The Hall–Kier alpha value is -3.13. The summed E-state index contributed by atoms with van der Waals surface area (Å²) in [5.74, 6) is 0.398. The Morgan fingerprint density at radius 1 is 0.971 bits per heavy atom. The summed E-state index contributed by atoms with van der Waals surface area (Å²) in [5, 5.41) is 6.79. The number of hydrogen-bond donors (Lipinski definition) is 2. The zero-order valence-electron chi connectivity index (χ0n) is 19.7. The lowest BCUT2D eigenvalue weighted by Crippen LogP contribution is -2.46. The third kappa shape index (κ3) is 6.72. The number of rotatable bonds is 7. The minimum Gasteiger partial charge on any atom is -0.489 e. The maximum absolute atomic E-state index is 12.7. The molecule has 0 aromatic heterocycles. The van der Waals surface area contributed by atoms with Crippen LogP contribution in [0.15, 0.2) is 72.8 Å². The number of nitrogens with one attached hydrogen (secondary N) is 2. The molecule has 0 atom stereocenters. The van der Waals surface area contributed by atoms with Crippen molar-refractivity contribution in [3.8, 4) is 5.75 Å².